The summed E-state index contributed by atoms with van der Waals surface area (Å²) in [4.78, 5) is 12.1. The van der Waals surface area contributed by atoms with Crippen molar-refractivity contribution in [1.82, 2.24) is 5.32 Å². The highest BCUT2D eigenvalue weighted by Crippen LogP contribution is 2.25. The lowest BCUT2D eigenvalue weighted by Crippen LogP contribution is -2.48. The van der Waals surface area contributed by atoms with Gasteiger partial charge in [-0.1, -0.05) is 13.8 Å². The van der Waals surface area contributed by atoms with Gasteiger partial charge in [0.15, 0.2) is 0 Å². The molecule has 0 aliphatic carbocycles. The first kappa shape index (κ1) is 15.8. The van der Waals surface area contributed by atoms with Gasteiger partial charge in [-0.3, -0.25) is 4.79 Å². The molecule has 96 valence electrons. The normalized spacial score (nSPS) is 13.6. The topological polar surface area (TPSA) is 55.1 Å². The van der Waals surface area contributed by atoms with Crippen LogP contribution in [0.2, 0.25) is 0 Å². The molecule has 0 saturated carbocycles. The summed E-state index contributed by atoms with van der Waals surface area (Å²) >= 11 is 1.81. The molecule has 0 aromatic carbocycles. The van der Waals surface area contributed by atoms with Gasteiger partial charge < -0.3 is 11.1 Å². The number of hydrogen-bond donors (Lipinski definition) is 2. The van der Waals surface area contributed by atoms with Crippen LogP contribution in [-0.2, 0) is 4.79 Å². The summed E-state index contributed by atoms with van der Waals surface area (Å²) in [6, 6.07) is 0.240. The van der Waals surface area contributed by atoms with Crippen LogP contribution in [0.15, 0.2) is 0 Å². The number of carbonyl (C=O) groups is 1. The predicted octanol–water partition coefficient (Wildman–Crippen LogP) is 2.01. The molecule has 1 atom stereocenters. The fourth-order valence-electron chi connectivity index (χ4n) is 1.70. The van der Waals surface area contributed by atoms with E-state index in [4.69, 9.17) is 5.73 Å². The minimum Gasteiger partial charge on any atom is -0.353 e. The van der Waals surface area contributed by atoms with E-state index in [0.717, 1.165) is 25.0 Å². The molecule has 0 aromatic heterocycles. The smallest absolute Gasteiger partial charge is 0.227 e. The molecule has 4 heteroatoms. The molecule has 0 aromatic rings. The highest BCUT2D eigenvalue weighted by molar-refractivity contribution is 7.98. The molecule has 0 spiro atoms. The molecule has 0 fully saturated rings. The number of nitrogens with one attached hydrogen (secondary N) is 1. The van der Waals surface area contributed by atoms with E-state index < -0.39 is 0 Å². The molecular formula is C12H26N2OS. The summed E-state index contributed by atoms with van der Waals surface area (Å²) in [7, 11) is 0. The first-order valence-electron chi connectivity index (χ1n) is 6.06. The van der Waals surface area contributed by atoms with E-state index in [0.29, 0.717) is 6.54 Å². The Balaban J connectivity index is 4.30. The van der Waals surface area contributed by atoms with Crippen molar-refractivity contribution in [1.29, 1.82) is 0 Å². The quantitative estimate of drug-likeness (QED) is 0.689. The number of rotatable bonds is 8. The van der Waals surface area contributed by atoms with Crippen LogP contribution in [0, 0.1) is 5.41 Å². The van der Waals surface area contributed by atoms with E-state index in [-0.39, 0.29) is 17.4 Å². The number of hydrogen-bond acceptors (Lipinski definition) is 3. The van der Waals surface area contributed by atoms with Gasteiger partial charge in [0.25, 0.3) is 0 Å². The molecule has 1 amide bonds. The minimum atomic E-state index is -0.367. The Labute approximate surface area is 104 Å². The van der Waals surface area contributed by atoms with Crippen molar-refractivity contribution in [3.8, 4) is 0 Å². The largest absolute Gasteiger partial charge is 0.353 e. The Hall–Kier alpha value is -0.220. The lowest BCUT2D eigenvalue weighted by molar-refractivity contribution is -0.131. The summed E-state index contributed by atoms with van der Waals surface area (Å²) in [6.45, 7) is 6.55. The van der Waals surface area contributed by atoms with Crippen LogP contribution in [0.5, 0.6) is 0 Å². The first-order chi connectivity index (χ1) is 7.56. The molecule has 0 aliphatic heterocycles. The highest BCUT2D eigenvalue weighted by atomic mass is 32.2. The molecule has 0 aliphatic rings. The van der Waals surface area contributed by atoms with Crippen LogP contribution in [-0.4, -0.2) is 30.5 Å². The molecule has 0 bridgehead atoms. The average molecular weight is 246 g/mol. The highest BCUT2D eigenvalue weighted by Gasteiger charge is 2.33. The molecule has 1 unspecified atom stereocenters. The minimum absolute atomic E-state index is 0.119. The first-order valence-corrected chi connectivity index (χ1v) is 7.45. The SMILES string of the molecule is CCC(CC)(CN)C(=O)NC(C)CCSC. The van der Waals surface area contributed by atoms with E-state index in [9.17, 15) is 4.79 Å². The lowest BCUT2D eigenvalue weighted by Gasteiger charge is -2.30. The Bertz CT molecular complexity index is 197. The van der Waals surface area contributed by atoms with Gasteiger partial charge >= 0.3 is 0 Å². The van der Waals surface area contributed by atoms with Gasteiger partial charge in [-0.25, -0.2) is 0 Å². The van der Waals surface area contributed by atoms with Gasteiger partial charge in [0, 0.05) is 12.6 Å². The third kappa shape index (κ3) is 4.34. The molecule has 3 N–H and O–H groups in total. The standard InChI is InChI=1S/C12H26N2OS/c1-5-12(6-2,9-13)11(15)14-10(3)7-8-16-4/h10H,5-9,13H2,1-4H3,(H,14,15). The van der Waals surface area contributed by atoms with E-state index >= 15 is 0 Å². The number of nitrogens with two attached hydrogens (primary N) is 1. The van der Waals surface area contributed by atoms with Crippen LogP contribution in [0.1, 0.15) is 40.0 Å². The second kappa shape index (κ2) is 7.96. The Morgan fingerprint density at radius 2 is 2.00 bits per heavy atom. The summed E-state index contributed by atoms with van der Waals surface area (Å²) in [6.07, 6.45) is 4.71. The van der Waals surface area contributed by atoms with E-state index in [1.54, 1.807) is 11.8 Å². The molecule has 3 nitrogen and oxygen atoms in total. The van der Waals surface area contributed by atoms with Gasteiger partial charge in [-0.15, -0.1) is 0 Å². The zero-order valence-electron chi connectivity index (χ0n) is 11.0. The van der Waals surface area contributed by atoms with Crippen molar-refractivity contribution < 1.29 is 4.79 Å². The molecular weight excluding hydrogens is 220 g/mol. The van der Waals surface area contributed by atoms with Gasteiger partial charge in [0.05, 0.1) is 5.41 Å². The van der Waals surface area contributed by atoms with Crippen LogP contribution in [0.3, 0.4) is 0 Å². The van der Waals surface area contributed by atoms with Gasteiger partial charge in [0.1, 0.15) is 0 Å². The van der Waals surface area contributed by atoms with Crippen molar-refractivity contribution in [2.75, 3.05) is 18.6 Å². The zero-order chi connectivity index (χ0) is 12.6. The van der Waals surface area contributed by atoms with Crippen LogP contribution < -0.4 is 11.1 Å². The Morgan fingerprint density at radius 1 is 1.44 bits per heavy atom. The summed E-state index contributed by atoms with van der Waals surface area (Å²) in [5.41, 5.74) is 5.37. The maximum Gasteiger partial charge on any atom is 0.227 e. The van der Waals surface area contributed by atoms with Crippen molar-refractivity contribution >= 4 is 17.7 Å². The van der Waals surface area contributed by atoms with Crippen molar-refractivity contribution in [3.05, 3.63) is 0 Å². The Kier molecular flexibility index (Phi) is 7.85. The molecule has 0 heterocycles. The van der Waals surface area contributed by atoms with Gasteiger partial charge in [-0.05, 0) is 38.2 Å². The van der Waals surface area contributed by atoms with Crippen LogP contribution in [0.25, 0.3) is 0 Å². The molecule has 0 saturated heterocycles. The van der Waals surface area contributed by atoms with E-state index in [2.05, 4.69) is 18.5 Å². The number of amides is 1. The average Bonchev–Trinajstić information content (AvgIpc) is 2.29. The Morgan fingerprint density at radius 3 is 2.38 bits per heavy atom. The van der Waals surface area contributed by atoms with Gasteiger partial charge in [0.2, 0.25) is 5.91 Å². The van der Waals surface area contributed by atoms with E-state index in [1.165, 1.54) is 0 Å². The third-order valence-corrected chi connectivity index (χ3v) is 4.00. The molecule has 0 rings (SSSR count). The number of thioether (sulfide) groups is 1. The van der Waals surface area contributed by atoms with Crippen LogP contribution >= 0.6 is 11.8 Å². The third-order valence-electron chi connectivity index (χ3n) is 3.36. The molecule has 16 heavy (non-hydrogen) atoms. The molecule has 0 radical (unpaired) electrons. The summed E-state index contributed by atoms with van der Waals surface area (Å²) < 4.78 is 0. The maximum atomic E-state index is 12.1. The fraction of sp³-hybridized carbons (Fsp3) is 0.917. The monoisotopic (exact) mass is 246 g/mol. The fourth-order valence-corrected chi connectivity index (χ4v) is 2.29. The summed E-state index contributed by atoms with van der Waals surface area (Å²) in [5.74, 6) is 1.20. The van der Waals surface area contributed by atoms with E-state index in [1.807, 2.05) is 13.8 Å². The second-order valence-corrected chi connectivity index (χ2v) is 5.33. The maximum absolute atomic E-state index is 12.1. The van der Waals surface area contributed by atoms with Crippen molar-refractivity contribution in [2.45, 2.75) is 46.1 Å². The lowest BCUT2D eigenvalue weighted by atomic mass is 9.81. The van der Waals surface area contributed by atoms with Crippen molar-refractivity contribution in [2.24, 2.45) is 11.1 Å². The van der Waals surface area contributed by atoms with Crippen molar-refractivity contribution in [3.63, 3.8) is 0 Å². The zero-order valence-corrected chi connectivity index (χ0v) is 11.8. The predicted molar refractivity (Wildman–Crippen MR) is 72.7 cm³/mol. The number of carbonyl (C=O) groups excluding carboxylic acids is 1. The van der Waals surface area contributed by atoms with Gasteiger partial charge in [-0.2, -0.15) is 11.8 Å². The van der Waals surface area contributed by atoms with Crippen LogP contribution in [0.4, 0.5) is 0 Å². The second-order valence-electron chi connectivity index (χ2n) is 4.35. The summed E-state index contributed by atoms with van der Waals surface area (Å²) in [5, 5.41) is 3.08.